The van der Waals surface area contributed by atoms with Gasteiger partial charge in [-0.1, -0.05) is 18.2 Å². The minimum atomic E-state index is 0.252. The molecule has 3 fully saturated rings. The van der Waals surface area contributed by atoms with E-state index in [0.717, 1.165) is 43.9 Å². The number of aromatic nitrogens is 1. The van der Waals surface area contributed by atoms with Crippen LogP contribution in [0.25, 0.3) is 0 Å². The van der Waals surface area contributed by atoms with E-state index in [1.807, 2.05) is 18.3 Å². The molecule has 29 heavy (non-hydrogen) atoms. The number of amides is 1. The van der Waals surface area contributed by atoms with Crippen LogP contribution in [0, 0.1) is 11.8 Å². The Labute approximate surface area is 172 Å². The summed E-state index contributed by atoms with van der Waals surface area (Å²) < 4.78 is 5.43. The smallest absolute Gasteiger partial charge is 0.223 e. The molecule has 5 nitrogen and oxygen atoms in total. The highest BCUT2D eigenvalue weighted by Crippen LogP contribution is 2.43. The van der Waals surface area contributed by atoms with Crippen LogP contribution in [-0.4, -0.2) is 48.1 Å². The Kier molecular flexibility index (Phi) is 4.90. The Morgan fingerprint density at radius 1 is 1.14 bits per heavy atom. The standard InChI is InChI=1S/C24H29N3O2/c1-29-20-7-4-6-17(12-20)13-22-19-14-18(21-8-5-10-24(28)27(21)22)15-26(16-19)23-9-2-3-11-25-23/h2-4,6-7,9,11-12,18-19,21-22H,5,8,10,13-16H2,1H3/t18-,19+,21+,22+/m1/s1. The van der Waals surface area contributed by atoms with E-state index in [1.165, 1.54) is 12.0 Å². The second-order valence-electron chi connectivity index (χ2n) is 8.73. The summed E-state index contributed by atoms with van der Waals surface area (Å²) >= 11 is 0. The van der Waals surface area contributed by atoms with E-state index in [1.54, 1.807) is 7.11 Å². The van der Waals surface area contributed by atoms with Crippen LogP contribution in [-0.2, 0) is 11.2 Å². The Morgan fingerprint density at radius 3 is 2.86 bits per heavy atom. The lowest BCUT2D eigenvalue weighted by Gasteiger charge is -2.57. The van der Waals surface area contributed by atoms with Gasteiger partial charge in [0.25, 0.3) is 0 Å². The number of piperidine rings is 3. The molecule has 2 aromatic rings. The Balaban J connectivity index is 1.46. The Bertz CT molecular complexity index is 871. The van der Waals surface area contributed by atoms with Gasteiger partial charge in [0.05, 0.1) is 7.11 Å². The van der Waals surface area contributed by atoms with Crippen LogP contribution >= 0.6 is 0 Å². The number of rotatable bonds is 4. The summed E-state index contributed by atoms with van der Waals surface area (Å²) in [5.41, 5.74) is 1.25. The number of pyridine rings is 1. The molecule has 0 saturated carbocycles. The third-order valence-electron chi connectivity index (χ3n) is 7.05. The van der Waals surface area contributed by atoms with E-state index in [0.29, 0.717) is 30.2 Å². The molecule has 2 bridgehead atoms. The number of anilines is 1. The van der Waals surface area contributed by atoms with Crippen LogP contribution in [0.1, 0.15) is 31.2 Å². The summed E-state index contributed by atoms with van der Waals surface area (Å²) in [6.07, 6.45) is 6.85. The molecule has 0 aliphatic carbocycles. The van der Waals surface area contributed by atoms with Crippen LogP contribution in [0.5, 0.6) is 5.75 Å². The van der Waals surface area contributed by atoms with Crippen molar-refractivity contribution in [2.24, 2.45) is 11.8 Å². The first kappa shape index (κ1) is 18.5. The van der Waals surface area contributed by atoms with Gasteiger partial charge in [-0.3, -0.25) is 4.79 Å². The fourth-order valence-electron chi connectivity index (χ4n) is 5.81. The summed E-state index contributed by atoms with van der Waals surface area (Å²) in [5, 5.41) is 0. The van der Waals surface area contributed by atoms with Crippen LogP contribution in [0.3, 0.4) is 0 Å². The maximum absolute atomic E-state index is 13.0. The van der Waals surface area contributed by atoms with Crippen molar-refractivity contribution < 1.29 is 9.53 Å². The van der Waals surface area contributed by atoms with Gasteiger partial charge in [-0.25, -0.2) is 4.98 Å². The third kappa shape index (κ3) is 3.47. The number of ether oxygens (including phenoxy) is 1. The molecular weight excluding hydrogens is 362 g/mol. The van der Waals surface area contributed by atoms with Gasteiger partial charge in [-0.05, 0) is 67.3 Å². The third-order valence-corrected chi connectivity index (χ3v) is 7.05. The van der Waals surface area contributed by atoms with Gasteiger partial charge in [0.1, 0.15) is 11.6 Å². The molecule has 1 aromatic heterocycles. The van der Waals surface area contributed by atoms with Gasteiger partial charge in [0.2, 0.25) is 5.91 Å². The SMILES string of the molecule is COc1cccc(C[C@H]2[C@H]3C[C@H](CN(c4ccccn4)C3)[C@@H]3CCCC(=O)N32)c1. The molecule has 1 aromatic carbocycles. The first-order chi connectivity index (χ1) is 14.2. The number of nitrogens with zero attached hydrogens (tertiary/aromatic N) is 3. The fraction of sp³-hybridized carbons (Fsp3) is 0.500. The maximum Gasteiger partial charge on any atom is 0.223 e. The number of hydrogen-bond donors (Lipinski definition) is 0. The average Bonchev–Trinajstić information content (AvgIpc) is 2.77. The number of methoxy groups -OCH3 is 1. The molecule has 1 amide bonds. The van der Waals surface area contributed by atoms with Crippen molar-refractivity contribution in [2.45, 2.75) is 44.2 Å². The molecule has 5 rings (SSSR count). The van der Waals surface area contributed by atoms with Crippen molar-refractivity contribution in [3.05, 3.63) is 54.2 Å². The molecule has 5 heteroatoms. The fourth-order valence-corrected chi connectivity index (χ4v) is 5.81. The minimum Gasteiger partial charge on any atom is -0.497 e. The Morgan fingerprint density at radius 2 is 2.03 bits per heavy atom. The minimum absolute atomic E-state index is 0.252. The zero-order valence-electron chi connectivity index (χ0n) is 17.0. The van der Waals surface area contributed by atoms with Crippen molar-refractivity contribution in [2.75, 3.05) is 25.1 Å². The highest BCUT2D eigenvalue weighted by atomic mass is 16.5. The van der Waals surface area contributed by atoms with Crippen molar-refractivity contribution in [1.29, 1.82) is 0 Å². The molecule has 3 aliphatic rings. The lowest BCUT2D eigenvalue weighted by molar-refractivity contribution is -0.148. The summed E-state index contributed by atoms with van der Waals surface area (Å²) in [4.78, 5) is 22.4. The molecule has 0 spiro atoms. The predicted molar refractivity (Wildman–Crippen MR) is 113 cm³/mol. The number of hydrogen-bond acceptors (Lipinski definition) is 4. The summed E-state index contributed by atoms with van der Waals surface area (Å²) in [5.74, 6) is 3.33. The number of carbonyl (C=O) groups is 1. The first-order valence-electron chi connectivity index (χ1n) is 10.8. The monoisotopic (exact) mass is 391 g/mol. The lowest BCUT2D eigenvalue weighted by Crippen LogP contribution is -2.65. The van der Waals surface area contributed by atoms with E-state index in [-0.39, 0.29) is 6.04 Å². The van der Waals surface area contributed by atoms with Gasteiger partial charge < -0.3 is 14.5 Å². The zero-order valence-corrected chi connectivity index (χ0v) is 17.0. The molecule has 3 aliphatic heterocycles. The highest BCUT2D eigenvalue weighted by molar-refractivity contribution is 5.78. The molecule has 0 N–H and O–H groups in total. The number of carbonyl (C=O) groups excluding carboxylic acids is 1. The number of fused-ring (bicyclic) bond motifs is 4. The quantitative estimate of drug-likeness (QED) is 0.800. The largest absolute Gasteiger partial charge is 0.497 e. The van der Waals surface area contributed by atoms with Crippen LogP contribution < -0.4 is 9.64 Å². The van der Waals surface area contributed by atoms with E-state index < -0.39 is 0 Å². The maximum atomic E-state index is 13.0. The topological polar surface area (TPSA) is 45.7 Å². The van der Waals surface area contributed by atoms with Crippen molar-refractivity contribution in [3.8, 4) is 5.75 Å². The Hall–Kier alpha value is -2.56. The van der Waals surface area contributed by atoms with Crippen molar-refractivity contribution >= 4 is 11.7 Å². The van der Waals surface area contributed by atoms with Gasteiger partial charge in [-0.2, -0.15) is 0 Å². The van der Waals surface area contributed by atoms with Gasteiger partial charge in [-0.15, -0.1) is 0 Å². The average molecular weight is 392 g/mol. The van der Waals surface area contributed by atoms with Crippen molar-refractivity contribution in [1.82, 2.24) is 9.88 Å². The molecule has 3 saturated heterocycles. The van der Waals surface area contributed by atoms with E-state index in [2.05, 4.69) is 45.1 Å². The van der Waals surface area contributed by atoms with E-state index in [9.17, 15) is 4.79 Å². The molecule has 0 radical (unpaired) electrons. The summed E-state index contributed by atoms with van der Waals surface area (Å²) in [6, 6.07) is 15.1. The summed E-state index contributed by atoms with van der Waals surface area (Å²) in [6.45, 7) is 1.98. The highest BCUT2D eigenvalue weighted by Gasteiger charge is 2.49. The normalized spacial score (nSPS) is 28.8. The second-order valence-corrected chi connectivity index (χ2v) is 8.73. The lowest BCUT2D eigenvalue weighted by atomic mass is 9.70. The van der Waals surface area contributed by atoms with E-state index in [4.69, 9.17) is 4.74 Å². The van der Waals surface area contributed by atoms with E-state index >= 15 is 0 Å². The van der Waals surface area contributed by atoms with Crippen molar-refractivity contribution in [3.63, 3.8) is 0 Å². The summed E-state index contributed by atoms with van der Waals surface area (Å²) in [7, 11) is 1.71. The van der Waals surface area contributed by atoms with Crippen LogP contribution in [0.2, 0.25) is 0 Å². The molecule has 152 valence electrons. The first-order valence-corrected chi connectivity index (χ1v) is 10.8. The molecule has 4 atom stereocenters. The molecule has 4 heterocycles. The molecule has 0 unspecified atom stereocenters. The number of benzene rings is 1. The van der Waals surface area contributed by atoms with Crippen LogP contribution in [0.4, 0.5) is 5.82 Å². The van der Waals surface area contributed by atoms with Gasteiger partial charge in [0, 0.05) is 37.8 Å². The zero-order chi connectivity index (χ0) is 19.8. The van der Waals surface area contributed by atoms with Gasteiger partial charge >= 0.3 is 0 Å². The van der Waals surface area contributed by atoms with Crippen LogP contribution in [0.15, 0.2) is 48.7 Å². The second kappa shape index (κ2) is 7.69. The molecular formula is C24H29N3O2. The van der Waals surface area contributed by atoms with Gasteiger partial charge in [0.15, 0.2) is 0 Å². The predicted octanol–water partition coefficient (Wildman–Crippen LogP) is 3.54.